The molecule has 138 valence electrons. The summed E-state index contributed by atoms with van der Waals surface area (Å²) in [5.41, 5.74) is 3.95. The van der Waals surface area contributed by atoms with E-state index in [2.05, 4.69) is 10.00 Å². The molecule has 0 saturated carbocycles. The standard InChI is InChI=1S/C20H18Cl2N4O/c1-13-11-17(23-26(13)14-7-8-15(21)16(22)12-14)20(27)25-10-9-24(2)18-5-3-4-6-19(18)25/h3-8,11-12H,9-10H2,1-2H3. The first-order chi connectivity index (χ1) is 13.0. The highest BCUT2D eigenvalue weighted by Crippen LogP contribution is 2.33. The van der Waals surface area contributed by atoms with Gasteiger partial charge in [0.15, 0.2) is 5.69 Å². The van der Waals surface area contributed by atoms with Crippen molar-refractivity contribution >= 4 is 40.5 Å². The zero-order valence-corrected chi connectivity index (χ0v) is 16.5. The van der Waals surface area contributed by atoms with Gasteiger partial charge in [0, 0.05) is 25.8 Å². The SMILES string of the molecule is Cc1cc(C(=O)N2CCN(C)c3ccccc32)nn1-c1ccc(Cl)c(Cl)c1. The second kappa shape index (κ2) is 6.91. The lowest BCUT2D eigenvalue weighted by Gasteiger charge is -2.35. The van der Waals surface area contributed by atoms with Gasteiger partial charge in [-0.15, -0.1) is 0 Å². The van der Waals surface area contributed by atoms with Gasteiger partial charge in [-0.2, -0.15) is 5.10 Å². The van der Waals surface area contributed by atoms with Crippen molar-refractivity contribution in [3.05, 3.63) is 70.0 Å². The molecule has 1 amide bonds. The van der Waals surface area contributed by atoms with Gasteiger partial charge in [0.25, 0.3) is 5.91 Å². The number of hydrogen-bond donors (Lipinski definition) is 0. The van der Waals surface area contributed by atoms with Crippen LogP contribution in [-0.2, 0) is 0 Å². The molecule has 0 spiro atoms. The predicted octanol–water partition coefficient (Wildman–Crippen LogP) is 4.58. The fourth-order valence-electron chi connectivity index (χ4n) is 3.31. The van der Waals surface area contributed by atoms with Crippen LogP contribution in [0.3, 0.4) is 0 Å². The number of carbonyl (C=O) groups is 1. The quantitative estimate of drug-likeness (QED) is 0.631. The first-order valence-corrected chi connectivity index (χ1v) is 9.35. The Morgan fingerprint density at radius 1 is 1.00 bits per heavy atom. The molecular formula is C20H18Cl2N4O. The van der Waals surface area contributed by atoms with Gasteiger partial charge in [-0.25, -0.2) is 4.68 Å². The van der Waals surface area contributed by atoms with E-state index in [0.29, 0.717) is 22.3 Å². The van der Waals surface area contributed by atoms with Gasteiger partial charge in [-0.1, -0.05) is 35.3 Å². The Balaban J connectivity index is 1.70. The van der Waals surface area contributed by atoms with Gasteiger partial charge in [0.1, 0.15) is 0 Å². The number of hydrogen-bond acceptors (Lipinski definition) is 3. The third kappa shape index (κ3) is 3.17. The molecule has 0 unspecified atom stereocenters. The summed E-state index contributed by atoms with van der Waals surface area (Å²) in [6, 6.07) is 15.0. The topological polar surface area (TPSA) is 41.4 Å². The molecule has 7 heteroatoms. The Morgan fingerprint density at radius 2 is 1.74 bits per heavy atom. The molecule has 2 aromatic carbocycles. The van der Waals surface area contributed by atoms with Crippen LogP contribution in [0.4, 0.5) is 11.4 Å². The zero-order valence-electron chi connectivity index (χ0n) is 15.0. The predicted molar refractivity (Wildman–Crippen MR) is 110 cm³/mol. The number of carbonyl (C=O) groups excluding carboxylic acids is 1. The van der Waals surface area contributed by atoms with Gasteiger partial charge in [0.05, 0.1) is 27.1 Å². The molecule has 3 aromatic rings. The van der Waals surface area contributed by atoms with Crippen molar-refractivity contribution in [2.45, 2.75) is 6.92 Å². The molecule has 0 bridgehead atoms. The molecule has 1 aliphatic rings. The summed E-state index contributed by atoms with van der Waals surface area (Å²) in [5.74, 6) is -0.113. The van der Waals surface area contributed by atoms with E-state index < -0.39 is 0 Å². The smallest absolute Gasteiger partial charge is 0.278 e. The average Bonchev–Trinajstić information content (AvgIpc) is 3.06. The molecule has 0 radical (unpaired) electrons. The van der Waals surface area contributed by atoms with E-state index in [0.717, 1.165) is 29.3 Å². The van der Waals surface area contributed by atoms with E-state index in [4.69, 9.17) is 23.2 Å². The van der Waals surface area contributed by atoms with Crippen LogP contribution in [0.2, 0.25) is 10.0 Å². The first kappa shape index (κ1) is 17.9. The number of fused-ring (bicyclic) bond motifs is 1. The number of amides is 1. The van der Waals surface area contributed by atoms with Crippen molar-refractivity contribution in [3.63, 3.8) is 0 Å². The van der Waals surface area contributed by atoms with Crippen LogP contribution in [0.1, 0.15) is 16.2 Å². The molecule has 0 saturated heterocycles. The monoisotopic (exact) mass is 400 g/mol. The molecule has 1 aliphatic heterocycles. The summed E-state index contributed by atoms with van der Waals surface area (Å²) in [6.45, 7) is 3.30. The Labute approximate surface area is 167 Å². The molecular weight excluding hydrogens is 383 g/mol. The minimum Gasteiger partial charge on any atom is -0.371 e. The third-order valence-corrected chi connectivity index (χ3v) is 5.48. The molecule has 0 aliphatic carbocycles. The highest BCUT2D eigenvalue weighted by Gasteiger charge is 2.27. The van der Waals surface area contributed by atoms with E-state index in [1.807, 2.05) is 44.3 Å². The van der Waals surface area contributed by atoms with Crippen LogP contribution >= 0.6 is 23.2 Å². The maximum Gasteiger partial charge on any atom is 0.278 e. The highest BCUT2D eigenvalue weighted by molar-refractivity contribution is 6.42. The van der Waals surface area contributed by atoms with E-state index in [-0.39, 0.29) is 5.91 Å². The van der Waals surface area contributed by atoms with Crippen molar-refractivity contribution in [3.8, 4) is 5.69 Å². The van der Waals surface area contributed by atoms with Crippen molar-refractivity contribution in [2.75, 3.05) is 29.9 Å². The Morgan fingerprint density at radius 3 is 2.48 bits per heavy atom. The molecule has 2 heterocycles. The number of aromatic nitrogens is 2. The average molecular weight is 401 g/mol. The van der Waals surface area contributed by atoms with E-state index >= 15 is 0 Å². The van der Waals surface area contributed by atoms with Gasteiger partial charge in [-0.05, 0) is 43.3 Å². The second-order valence-electron chi connectivity index (χ2n) is 6.55. The van der Waals surface area contributed by atoms with Crippen molar-refractivity contribution < 1.29 is 4.79 Å². The first-order valence-electron chi connectivity index (χ1n) is 8.60. The molecule has 4 rings (SSSR count). The number of para-hydroxylation sites is 2. The van der Waals surface area contributed by atoms with Crippen LogP contribution in [0.25, 0.3) is 5.69 Å². The van der Waals surface area contributed by atoms with E-state index in [1.165, 1.54) is 0 Å². The lowest BCUT2D eigenvalue weighted by atomic mass is 10.1. The largest absolute Gasteiger partial charge is 0.371 e. The molecule has 0 N–H and O–H groups in total. The normalized spacial score (nSPS) is 13.6. The zero-order chi connectivity index (χ0) is 19.1. The second-order valence-corrected chi connectivity index (χ2v) is 7.36. The Bertz CT molecular complexity index is 1030. The Hall–Kier alpha value is -2.50. The summed E-state index contributed by atoms with van der Waals surface area (Å²) < 4.78 is 1.71. The number of rotatable bonds is 2. The minimum atomic E-state index is -0.113. The van der Waals surface area contributed by atoms with Crippen molar-refractivity contribution in [2.24, 2.45) is 0 Å². The van der Waals surface area contributed by atoms with Crippen LogP contribution < -0.4 is 9.80 Å². The summed E-state index contributed by atoms with van der Waals surface area (Å²) in [4.78, 5) is 17.1. The summed E-state index contributed by atoms with van der Waals surface area (Å²) in [6.07, 6.45) is 0. The fraction of sp³-hybridized carbons (Fsp3) is 0.200. The maximum absolute atomic E-state index is 13.2. The summed E-state index contributed by atoms with van der Waals surface area (Å²) in [7, 11) is 2.03. The minimum absolute atomic E-state index is 0.113. The van der Waals surface area contributed by atoms with Crippen molar-refractivity contribution in [1.29, 1.82) is 0 Å². The molecule has 1 aromatic heterocycles. The molecule has 5 nitrogen and oxygen atoms in total. The molecule has 0 fully saturated rings. The number of anilines is 2. The van der Waals surface area contributed by atoms with Crippen molar-refractivity contribution in [1.82, 2.24) is 9.78 Å². The summed E-state index contributed by atoms with van der Waals surface area (Å²) >= 11 is 12.1. The van der Waals surface area contributed by atoms with Gasteiger partial charge < -0.3 is 9.80 Å². The van der Waals surface area contributed by atoms with Crippen LogP contribution in [0.5, 0.6) is 0 Å². The highest BCUT2D eigenvalue weighted by atomic mass is 35.5. The summed E-state index contributed by atoms with van der Waals surface area (Å²) in [5, 5.41) is 5.46. The van der Waals surface area contributed by atoms with Gasteiger partial charge in [-0.3, -0.25) is 4.79 Å². The number of aryl methyl sites for hydroxylation is 1. The number of nitrogens with zero attached hydrogens (tertiary/aromatic N) is 4. The third-order valence-electron chi connectivity index (χ3n) is 4.74. The van der Waals surface area contributed by atoms with E-state index in [9.17, 15) is 4.79 Å². The number of halogens is 2. The molecule has 27 heavy (non-hydrogen) atoms. The van der Waals surface area contributed by atoms with Crippen LogP contribution in [-0.4, -0.2) is 35.8 Å². The Kier molecular flexibility index (Phi) is 4.58. The van der Waals surface area contributed by atoms with Gasteiger partial charge >= 0.3 is 0 Å². The maximum atomic E-state index is 13.2. The number of benzene rings is 2. The van der Waals surface area contributed by atoms with Gasteiger partial charge in [0.2, 0.25) is 0 Å². The van der Waals surface area contributed by atoms with Crippen LogP contribution in [0.15, 0.2) is 48.5 Å². The lowest BCUT2D eigenvalue weighted by Crippen LogP contribution is -2.42. The molecule has 0 atom stereocenters. The van der Waals surface area contributed by atoms with Crippen LogP contribution in [0, 0.1) is 6.92 Å². The van der Waals surface area contributed by atoms with E-state index in [1.54, 1.807) is 27.8 Å². The lowest BCUT2D eigenvalue weighted by molar-refractivity contribution is 0.0981. The fourth-order valence-corrected chi connectivity index (χ4v) is 3.60. The number of likely N-dealkylation sites (N-methyl/N-ethyl adjacent to an activating group) is 1.